The molecule has 0 amide bonds. The van der Waals surface area contributed by atoms with Crippen LogP contribution in [0, 0.1) is 0 Å². The lowest BCUT2D eigenvalue weighted by atomic mass is 9.94. The summed E-state index contributed by atoms with van der Waals surface area (Å²) in [6.45, 7) is 6.61. The van der Waals surface area contributed by atoms with Gasteiger partial charge in [0.1, 0.15) is 0 Å². The van der Waals surface area contributed by atoms with Gasteiger partial charge in [-0.15, -0.1) is 0 Å². The van der Waals surface area contributed by atoms with Gasteiger partial charge in [0.05, 0.1) is 0 Å². The number of hydrogen-bond donors (Lipinski definition) is 0. The van der Waals surface area contributed by atoms with Gasteiger partial charge >= 0.3 is 0 Å². The summed E-state index contributed by atoms with van der Waals surface area (Å²) in [4.78, 5) is 2.30. The third-order valence-corrected chi connectivity index (χ3v) is 3.70. The fourth-order valence-electron chi connectivity index (χ4n) is 2.30. The van der Waals surface area contributed by atoms with Crippen molar-refractivity contribution in [2.24, 2.45) is 0 Å². The van der Waals surface area contributed by atoms with Gasteiger partial charge in [0, 0.05) is 18.8 Å². The molecule has 0 heterocycles. The van der Waals surface area contributed by atoms with Crippen LogP contribution >= 0.6 is 0 Å². The second kappa shape index (κ2) is 5.43. The maximum absolute atomic E-state index is 2.31. The smallest absolute Gasteiger partial charge is 0.0366 e. The third-order valence-electron chi connectivity index (χ3n) is 3.70. The largest absolute Gasteiger partial charge is 0.372 e. The highest BCUT2D eigenvalue weighted by molar-refractivity contribution is 5.70. The Balaban J connectivity index is 2.20. The van der Waals surface area contributed by atoms with Crippen molar-refractivity contribution in [2.45, 2.75) is 39.7 Å². The Morgan fingerprint density at radius 1 is 1.11 bits per heavy atom. The number of rotatable bonds is 3. The third kappa shape index (κ3) is 2.84. The van der Waals surface area contributed by atoms with Crippen molar-refractivity contribution < 1.29 is 0 Å². The zero-order valence-electron chi connectivity index (χ0n) is 11.9. The Morgan fingerprint density at radius 3 is 2.33 bits per heavy atom. The maximum atomic E-state index is 2.31. The van der Waals surface area contributed by atoms with E-state index in [9.17, 15) is 0 Å². The van der Waals surface area contributed by atoms with Crippen molar-refractivity contribution in [3.8, 4) is 0 Å². The second-order valence-corrected chi connectivity index (χ2v) is 5.41. The fraction of sp³-hybridized carbons (Fsp3) is 0.412. The predicted octanol–water partition coefficient (Wildman–Crippen LogP) is 4.65. The minimum absolute atomic E-state index is 0.537. The maximum Gasteiger partial charge on any atom is 0.0366 e. The first-order chi connectivity index (χ1) is 8.58. The zero-order chi connectivity index (χ0) is 13.1. The van der Waals surface area contributed by atoms with Gasteiger partial charge < -0.3 is 4.90 Å². The van der Waals surface area contributed by atoms with E-state index >= 15 is 0 Å². The summed E-state index contributed by atoms with van der Waals surface area (Å²) in [7, 11) is 2.15. The number of hydrogen-bond acceptors (Lipinski definition) is 1. The zero-order valence-corrected chi connectivity index (χ0v) is 11.9. The molecule has 1 aromatic carbocycles. The average molecular weight is 241 g/mol. The Hall–Kier alpha value is -1.50. The number of benzene rings is 1. The molecule has 2 rings (SSSR count). The normalized spacial score (nSPS) is 15.4. The van der Waals surface area contributed by atoms with E-state index in [2.05, 4.69) is 69.1 Å². The van der Waals surface area contributed by atoms with Crippen LogP contribution in [0.4, 0.5) is 5.69 Å². The summed E-state index contributed by atoms with van der Waals surface area (Å²) in [6.07, 6.45) is 6.96. The molecule has 1 aliphatic rings. The lowest BCUT2D eigenvalue weighted by molar-refractivity contribution is 0.755. The first-order valence-electron chi connectivity index (χ1n) is 6.78. The molecule has 0 unspecified atom stereocenters. The minimum atomic E-state index is 0.537. The van der Waals surface area contributed by atoms with Crippen molar-refractivity contribution >= 4 is 11.3 Å². The monoisotopic (exact) mass is 241 g/mol. The van der Waals surface area contributed by atoms with Gasteiger partial charge in [0.15, 0.2) is 0 Å². The first-order valence-corrected chi connectivity index (χ1v) is 6.78. The molecule has 0 saturated carbocycles. The molecule has 1 nitrogen and oxygen atoms in total. The molecule has 18 heavy (non-hydrogen) atoms. The van der Waals surface area contributed by atoms with Crippen LogP contribution in [0.3, 0.4) is 0 Å². The van der Waals surface area contributed by atoms with Crippen molar-refractivity contribution in [2.75, 3.05) is 11.9 Å². The second-order valence-electron chi connectivity index (χ2n) is 5.41. The van der Waals surface area contributed by atoms with Gasteiger partial charge in [0.2, 0.25) is 0 Å². The van der Waals surface area contributed by atoms with E-state index in [1.165, 1.54) is 28.8 Å². The summed E-state index contributed by atoms with van der Waals surface area (Å²) >= 11 is 0. The fourth-order valence-corrected chi connectivity index (χ4v) is 2.30. The Morgan fingerprint density at radius 2 is 1.78 bits per heavy atom. The molecular weight excluding hydrogens is 218 g/mol. The standard InChI is InChI=1S/C17H23N/c1-13(2)18(4)17-10-8-15(9-11-17)16-7-5-6-14(3)12-16/h6,8-13H,5,7H2,1-4H3. The van der Waals surface area contributed by atoms with Crippen LogP contribution in [0.2, 0.25) is 0 Å². The molecule has 0 aliphatic heterocycles. The van der Waals surface area contributed by atoms with Crippen LogP contribution in [0.25, 0.3) is 5.57 Å². The van der Waals surface area contributed by atoms with E-state index in [-0.39, 0.29) is 0 Å². The molecule has 0 bridgehead atoms. The molecule has 0 radical (unpaired) electrons. The lowest BCUT2D eigenvalue weighted by Gasteiger charge is -2.24. The highest BCUT2D eigenvalue weighted by Gasteiger charge is 2.08. The predicted molar refractivity (Wildman–Crippen MR) is 80.9 cm³/mol. The quantitative estimate of drug-likeness (QED) is 0.744. The van der Waals surface area contributed by atoms with Crippen LogP contribution in [-0.4, -0.2) is 13.1 Å². The van der Waals surface area contributed by atoms with Gasteiger partial charge in [-0.3, -0.25) is 0 Å². The van der Waals surface area contributed by atoms with E-state index in [0.717, 1.165) is 6.42 Å². The molecule has 1 aromatic rings. The molecular formula is C17H23N. The molecule has 96 valence electrons. The summed E-state index contributed by atoms with van der Waals surface area (Å²) in [6, 6.07) is 9.49. The highest BCUT2D eigenvalue weighted by atomic mass is 15.1. The molecule has 1 aliphatic carbocycles. The molecule has 0 atom stereocenters. The molecule has 0 N–H and O–H groups in total. The molecule has 0 fully saturated rings. The summed E-state index contributed by atoms with van der Waals surface area (Å²) in [5.41, 5.74) is 5.51. The Kier molecular flexibility index (Phi) is 3.90. The minimum Gasteiger partial charge on any atom is -0.372 e. The van der Waals surface area contributed by atoms with Gasteiger partial charge in [-0.25, -0.2) is 0 Å². The summed E-state index contributed by atoms with van der Waals surface area (Å²) in [5, 5.41) is 0. The lowest BCUT2D eigenvalue weighted by Crippen LogP contribution is -2.25. The van der Waals surface area contributed by atoms with Crippen molar-refractivity contribution in [1.29, 1.82) is 0 Å². The number of anilines is 1. The number of allylic oxidation sites excluding steroid dienone is 4. The van der Waals surface area contributed by atoms with Crippen LogP contribution in [0.1, 0.15) is 39.2 Å². The number of nitrogens with zero attached hydrogens (tertiary/aromatic N) is 1. The Labute approximate surface area is 111 Å². The molecule has 0 saturated heterocycles. The highest BCUT2D eigenvalue weighted by Crippen LogP contribution is 2.27. The van der Waals surface area contributed by atoms with E-state index in [0.29, 0.717) is 6.04 Å². The van der Waals surface area contributed by atoms with Crippen LogP contribution in [-0.2, 0) is 0 Å². The van der Waals surface area contributed by atoms with Crippen LogP contribution < -0.4 is 4.90 Å². The van der Waals surface area contributed by atoms with Crippen molar-refractivity contribution in [3.05, 3.63) is 47.6 Å². The average Bonchev–Trinajstić information content (AvgIpc) is 2.38. The van der Waals surface area contributed by atoms with Gasteiger partial charge in [-0.2, -0.15) is 0 Å². The van der Waals surface area contributed by atoms with Crippen LogP contribution in [0.15, 0.2) is 42.0 Å². The van der Waals surface area contributed by atoms with Gasteiger partial charge in [-0.05, 0) is 56.9 Å². The van der Waals surface area contributed by atoms with E-state index in [1.54, 1.807) is 0 Å². The summed E-state index contributed by atoms with van der Waals surface area (Å²) in [5.74, 6) is 0. The Bertz CT molecular complexity index is 463. The molecule has 0 spiro atoms. The van der Waals surface area contributed by atoms with Gasteiger partial charge in [-0.1, -0.05) is 29.9 Å². The van der Waals surface area contributed by atoms with E-state index in [4.69, 9.17) is 0 Å². The van der Waals surface area contributed by atoms with E-state index in [1.807, 2.05) is 0 Å². The van der Waals surface area contributed by atoms with E-state index < -0.39 is 0 Å². The molecule has 0 aromatic heterocycles. The SMILES string of the molecule is CC1=CCCC(c2ccc(N(C)C(C)C)cc2)=C1. The van der Waals surface area contributed by atoms with Crippen molar-refractivity contribution in [1.82, 2.24) is 0 Å². The van der Waals surface area contributed by atoms with Crippen molar-refractivity contribution in [3.63, 3.8) is 0 Å². The van der Waals surface area contributed by atoms with Crippen LogP contribution in [0.5, 0.6) is 0 Å². The topological polar surface area (TPSA) is 3.24 Å². The molecule has 1 heteroatoms. The van der Waals surface area contributed by atoms with Gasteiger partial charge in [0.25, 0.3) is 0 Å². The summed E-state index contributed by atoms with van der Waals surface area (Å²) < 4.78 is 0. The first kappa shape index (κ1) is 12.9.